The van der Waals surface area contributed by atoms with Crippen LogP contribution in [0.1, 0.15) is 36.8 Å². The number of aromatic nitrogens is 1. The highest BCUT2D eigenvalue weighted by Crippen LogP contribution is 2.38. The zero-order valence-electron chi connectivity index (χ0n) is 15.5. The van der Waals surface area contributed by atoms with Gasteiger partial charge < -0.3 is 14.5 Å². The number of nitrogens with zero attached hydrogens (tertiary/aromatic N) is 3. The molecule has 1 aromatic heterocycles. The highest BCUT2D eigenvalue weighted by Gasteiger charge is 2.45. The summed E-state index contributed by atoms with van der Waals surface area (Å²) in [7, 11) is 0. The number of piperidine rings is 1. The van der Waals surface area contributed by atoms with E-state index in [1.807, 2.05) is 17.0 Å². The average molecular weight is 363 g/mol. The number of benzene rings is 1. The Morgan fingerprint density at radius 2 is 1.70 bits per heavy atom. The molecule has 2 atom stereocenters. The second kappa shape index (κ2) is 6.87. The molecule has 140 valence electrons. The Morgan fingerprint density at radius 1 is 1.00 bits per heavy atom. The molecule has 5 rings (SSSR count). The van der Waals surface area contributed by atoms with Crippen LogP contribution < -0.4 is 4.74 Å². The van der Waals surface area contributed by atoms with Crippen LogP contribution in [0.15, 0.2) is 48.8 Å². The van der Waals surface area contributed by atoms with E-state index in [0.717, 1.165) is 50.9 Å². The summed E-state index contributed by atoms with van der Waals surface area (Å²) in [6.07, 6.45) is 8.71. The number of rotatable bonds is 2. The van der Waals surface area contributed by atoms with E-state index in [0.29, 0.717) is 12.1 Å². The van der Waals surface area contributed by atoms with Crippen LogP contribution in [0.25, 0.3) is 0 Å². The normalized spacial score (nSPS) is 26.6. The molecule has 4 heterocycles. The van der Waals surface area contributed by atoms with E-state index in [1.165, 1.54) is 11.1 Å². The lowest BCUT2D eigenvalue weighted by molar-refractivity contribution is 0.0531. The van der Waals surface area contributed by atoms with Gasteiger partial charge in [0.2, 0.25) is 0 Å². The van der Waals surface area contributed by atoms with Gasteiger partial charge in [-0.3, -0.25) is 4.98 Å². The quantitative estimate of drug-likeness (QED) is 0.818. The van der Waals surface area contributed by atoms with E-state index in [9.17, 15) is 4.79 Å². The van der Waals surface area contributed by atoms with Gasteiger partial charge in [0, 0.05) is 50.4 Å². The molecule has 3 aliphatic heterocycles. The summed E-state index contributed by atoms with van der Waals surface area (Å²) in [5.41, 5.74) is 2.68. The maximum absolute atomic E-state index is 13.3. The average Bonchev–Trinajstić information content (AvgIpc) is 2.98. The fourth-order valence-corrected chi connectivity index (χ4v) is 4.97. The summed E-state index contributed by atoms with van der Waals surface area (Å²) >= 11 is 0. The van der Waals surface area contributed by atoms with Gasteiger partial charge >= 0.3 is 6.03 Å². The number of fused-ring (bicyclic) bond motifs is 3. The Bertz CT molecular complexity index is 811. The lowest BCUT2D eigenvalue weighted by Gasteiger charge is -2.42. The molecule has 2 saturated heterocycles. The van der Waals surface area contributed by atoms with Gasteiger partial charge in [0.25, 0.3) is 0 Å². The molecule has 1 aromatic carbocycles. The van der Waals surface area contributed by atoms with E-state index in [1.54, 1.807) is 12.4 Å². The van der Waals surface area contributed by atoms with Crippen LogP contribution in [-0.4, -0.2) is 45.5 Å². The van der Waals surface area contributed by atoms with Crippen molar-refractivity contribution >= 4 is 6.03 Å². The third-order valence-electron chi connectivity index (χ3n) is 6.26. The maximum atomic E-state index is 13.3. The van der Waals surface area contributed by atoms with Gasteiger partial charge in [-0.05, 0) is 42.5 Å². The highest BCUT2D eigenvalue weighted by atomic mass is 16.5. The Morgan fingerprint density at radius 3 is 2.44 bits per heavy atom. The van der Waals surface area contributed by atoms with Gasteiger partial charge in [0.15, 0.2) is 0 Å². The molecule has 5 nitrogen and oxygen atoms in total. The van der Waals surface area contributed by atoms with Crippen molar-refractivity contribution < 1.29 is 9.53 Å². The number of carbonyl (C=O) groups is 1. The third kappa shape index (κ3) is 3.15. The molecular weight excluding hydrogens is 338 g/mol. The molecule has 0 aliphatic carbocycles. The van der Waals surface area contributed by atoms with Crippen molar-refractivity contribution in [3.8, 4) is 5.75 Å². The minimum absolute atomic E-state index is 0.191. The van der Waals surface area contributed by atoms with Crippen LogP contribution in [0.5, 0.6) is 5.75 Å². The van der Waals surface area contributed by atoms with Crippen molar-refractivity contribution in [2.45, 2.75) is 56.8 Å². The minimum Gasteiger partial charge on any atom is -0.490 e. The highest BCUT2D eigenvalue weighted by molar-refractivity contribution is 5.76. The molecule has 27 heavy (non-hydrogen) atoms. The van der Waals surface area contributed by atoms with Crippen molar-refractivity contribution in [2.24, 2.45) is 0 Å². The fraction of sp³-hybridized carbons (Fsp3) is 0.455. The lowest BCUT2D eigenvalue weighted by atomic mass is 9.98. The first-order valence-electron chi connectivity index (χ1n) is 9.98. The van der Waals surface area contributed by atoms with Gasteiger partial charge in [-0.25, -0.2) is 4.79 Å². The molecule has 2 bridgehead atoms. The summed E-state index contributed by atoms with van der Waals surface area (Å²) in [4.78, 5) is 21.5. The topological polar surface area (TPSA) is 45.7 Å². The van der Waals surface area contributed by atoms with Crippen LogP contribution >= 0.6 is 0 Å². The first-order chi connectivity index (χ1) is 13.3. The van der Waals surface area contributed by atoms with Crippen LogP contribution in [0.4, 0.5) is 4.79 Å². The Labute approximate surface area is 159 Å². The van der Waals surface area contributed by atoms with Crippen molar-refractivity contribution in [2.75, 3.05) is 6.54 Å². The SMILES string of the molecule is O=C(N1CCc2ccccc2C1)N1C2CCC1CC(Oc1ccncc1)C2. The van der Waals surface area contributed by atoms with Gasteiger partial charge in [-0.15, -0.1) is 0 Å². The molecular formula is C22H25N3O2. The second-order valence-electron chi connectivity index (χ2n) is 7.91. The number of carbonyl (C=O) groups excluding carboxylic acids is 1. The molecule has 2 aromatic rings. The first-order valence-corrected chi connectivity index (χ1v) is 9.98. The number of urea groups is 1. The number of ether oxygens (including phenoxy) is 1. The summed E-state index contributed by atoms with van der Waals surface area (Å²) < 4.78 is 6.16. The molecule has 0 radical (unpaired) electrons. The van der Waals surface area contributed by atoms with Gasteiger partial charge in [-0.1, -0.05) is 24.3 Å². The van der Waals surface area contributed by atoms with Crippen molar-refractivity contribution in [1.29, 1.82) is 0 Å². The third-order valence-corrected chi connectivity index (χ3v) is 6.26. The predicted octanol–water partition coefficient (Wildman–Crippen LogP) is 3.63. The molecule has 0 N–H and O–H groups in total. The van der Waals surface area contributed by atoms with Crippen LogP contribution in [0.2, 0.25) is 0 Å². The zero-order valence-corrected chi connectivity index (χ0v) is 15.5. The second-order valence-corrected chi connectivity index (χ2v) is 7.91. The van der Waals surface area contributed by atoms with E-state index in [2.05, 4.69) is 34.1 Å². The van der Waals surface area contributed by atoms with E-state index in [4.69, 9.17) is 4.74 Å². The van der Waals surface area contributed by atoms with Gasteiger partial charge in [0.05, 0.1) is 0 Å². The summed E-state index contributed by atoms with van der Waals surface area (Å²) in [5, 5.41) is 0. The van der Waals surface area contributed by atoms with Crippen molar-refractivity contribution in [1.82, 2.24) is 14.8 Å². The molecule has 0 spiro atoms. The van der Waals surface area contributed by atoms with Gasteiger partial charge in [-0.2, -0.15) is 0 Å². The Hall–Kier alpha value is -2.56. The van der Waals surface area contributed by atoms with E-state index < -0.39 is 0 Å². The Balaban J connectivity index is 1.26. The lowest BCUT2D eigenvalue weighted by Crippen LogP contribution is -2.54. The number of hydrogen-bond acceptors (Lipinski definition) is 3. The summed E-state index contributed by atoms with van der Waals surface area (Å²) in [5.74, 6) is 0.877. The summed E-state index contributed by atoms with van der Waals surface area (Å²) in [6, 6.07) is 13.1. The molecule has 2 unspecified atom stereocenters. The van der Waals surface area contributed by atoms with Crippen molar-refractivity contribution in [3.05, 3.63) is 59.9 Å². The zero-order chi connectivity index (χ0) is 18.2. The first kappa shape index (κ1) is 16.6. The fourth-order valence-electron chi connectivity index (χ4n) is 4.97. The standard InChI is InChI=1S/C22H25N3O2/c26-22(24-12-9-16-3-1-2-4-17(16)15-24)25-18-5-6-19(25)14-21(13-18)27-20-7-10-23-11-8-20/h1-4,7-8,10-11,18-19,21H,5-6,9,12-15H2. The molecule has 2 amide bonds. The minimum atomic E-state index is 0.191. The number of hydrogen-bond donors (Lipinski definition) is 0. The van der Waals surface area contributed by atoms with Crippen LogP contribution in [0.3, 0.4) is 0 Å². The maximum Gasteiger partial charge on any atom is 0.320 e. The molecule has 0 saturated carbocycles. The van der Waals surface area contributed by atoms with Crippen LogP contribution in [0, 0.1) is 0 Å². The molecule has 2 fully saturated rings. The van der Waals surface area contributed by atoms with E-state index >= 15 is 0 Å². The largest absolute Gasteiger partial charge is 0.490 e. The van der Waals surface area contributed by atoms with Crippen molar-refractivity contribution in [3.63, 3.8) is 0 Å². The van der Waals surface area contributed by atoms with E-state index in [-0.39, 0.29) is 12.1 Å². The molecule has 3 aliphatic rings. The summed E-state index contributed by atoms with van der Waals surface area (Å²) in [6.45, 7) is 1.56. The van der Waals surface area contributed by atoms with Gasteiger partial charge in [0.1, 0.15) is 11.9 Å². The smallest absolute Gasteiger partial charge is 0.320 e. The Kier molecular flexibility index (Phi) is 4.23. The number of amides is 2. The predicted molar refractivity (Wildman–Crippen MR) is 102 cm³/mol. The van der Waals surface area contributed by atoms with Crippen LogP contribution in [-0.2, 0) is 13.0 Å². The monoisotopic (exact) mass is 363 g/mol. The number of pyridine rings is 1. The molecule has 5 heteroatoms.